The molecule has 0 bridgehead atoms. The second kappa shape index (κ2) is 5.08. The van der Waals surface area contributed by atoms with Gasteiger partial charge in [0.2, 0.25) is 0 Å². The van der Waals surface area contributed by atoms with Crippen molar-refractivity contribution in [1.82, 2.24) is 0 Å². The molecule has 18 heavy (non-hydrogen) atoms. The van der Waals surface area contributed by atoms with E-state index >= 15 is 0 Å². The minimum atomic E-state index is -0.249. The van der Waals surface area contributed by atoms with Crippen LogP contribution in [0.15, 0.2) is 36.4 Å². The Labute approximate surface area is 104 Å². The Morgan fingerprint density at radius 2 is 1.44 bits per heavy atom. The van der Waals surface area contributed by atoms with E-state index in [0.29, 0.717) is 22.3 Å². The SMILES string of the molecule is OCc1cccc(-c2cccc(O)c2O)c1CO. The summed E-state index contributed by atoms with van der Waals surface area (Å²) in [6.45, 7) is -0.440. The van der Waals surface area contributed by atoms with E-state index in [1.165, 1.54) is 6.07 Å². The lowest BCUT2D eigenvalue weighted by Gasteiger charge is -2.13. The molecule has 0 spiro atoms. The monoisotopic (exact) mass is 246 g/mol. The molecule has 0 atom stereocenters. The zero-order valence-corrected chi connectivity index (χ0v) is 9.67. The van der Waals surface area contributed by atoms with Gasteiger partial charge < -0.3 is 20.4 Å². The Morgan fingerprint density at radius 1 is 0.778 bits per heavy atom. The maximum atomic E-state index is 9.84. The minimum absolute atomic E-state index is 0.191. The Hall–Kier alpha value is -2.04. The van der Waals surface area contributed by atoms with Crippen molar-refractivity contribution in [3.8, 4) is 22.6 Å². The van der Waals surface area contributed by atoms with Crippen LogP contribution < -0.4 is 0 Å². The summed E-state index contributed by atoms with van der Waals surface area (Å²) < 4.78 is 0. The number of aliphatic hydroxyl groups is 2. The summed E-state index contributed by atoms with van der Waals surface area (Å²) in [6, 6.07) is 9.78. The summed E-state index contributed by atoms with van der Waals surface area (Å²) in [6.07, 6.45) is 0. The van der Waals surface area contributed by atoms with Crippen molar-refractivity contribution in [3.63, 3.8) is 0 Å². The molecule has 0 aliphatic carbocycles. The third kappa shape index (κ3) is 2.03. The summed E-state index contributed by atoms with van der Waals surface area (Å²) in [5.41, 5.74) is 2.16. The summed E-state index contributed by atoms with van der Waals surface area (Å²) in [4.78, 5) is 0. The van der Waals surface area contributed by atoms with Gasteiger partial charge in [-0.1, -0.05) is 30.3 Å². The number of hydrogen-bond acceptors (Lipinski definition) is 4. The van der Waals surface area contributed by atoms with Gasteiger partial charge in [0.05, 0.1) is 13.2 Å². The first kappa shape index (κ1) is 12.4. The number of hydrogen-bond donors (Lipinski definition) is 4. The number of para-hydroxylation sites is 1. The maximum absolute atomic E-state index is 9.84. The highest BCUT2D eigenvalue weighted by Crippen LogP contribution is 2.38. The molecule has 0 aliphatic heterocycles. The van der Waals surface area contributed by atoms with Crippen molar-refractivity contribution in [2.45, 2.75) is 13.2 Å². The van der Waals surface area contributed by atoms with E-state index in [2.05, 4.69) is 0 Å². The van der Waals surface area contributed by atoms with Crippen LogP contribution in [0.5, 0.6) is 11.5 Å². The predicted octanol–water partition coefficient (Wildman–Crippen LogP) is 1.75. The highest BCUT2D eigenvalue weighted by atomic mass is 16.3. The topological polar surface area (TPSA) is 80.9 Å². The Bertz CT molecular complexity index is 564. The molecule has 0 amide bonds. The van der Waals surface area contributed by atoms with Crippen LogP contribution in [0.1, 0.15) is 11.1 Å². The van der Waals surface area contributed by atoms with E-state index in [1.54, 1.807) is 30.3 Å². The molecular formula is C14H14O4. The highest BCUT2D eigenvalue weighted by molar-refractivity contribution is 5.76. The Kier molecular flexibility index (Phi) is 3.50. The predicted molar refractivity (Wildman–Crippen MR) is 67.1 cm³/mol. The molecule has 4 heteroatoms. The number of phenols is 2. The van der Waals surface area contributed by atoms with Gasteiger partial charge in [-0.05, 0) is 22.8 Å². The lowest BCUT2D eigenvalue weighted by atomic mass is 9.95. The molecule has 0 fully saturated rings. The summed E-state index contributed by atoms with van der Waals surface area (Å²) >= 11 is 0. The highest BCUT2D eigenvalue weighted by Gasteiger charge is 2.13. The molecule has 0 heterocycles. The average Bonchev–Trinajstić information content (AvgIpc) is 2.41. The molecule has 2 aromatic rings. The quantitative estimate of drug-likeness (QED) is 0.622. The lowest BCUT2D eigenvalue weighted by Crippen LogP contribution is -1.97. The fourth-order valence-corrected chi connectivity index (χ4v) is 1.97. The molecular weight excluding hydrogens is 232 g/mol. The van der Waals surface area contributed by atoms with E-state index in [9.17, 15) is 20.4 Å². The van der Waals surface area contributed by atoms with E-state index in [-0.39, 0.29) is 24.7 Å². The van der Waals surface area contributed by atoms with Gasteiger partial charge >= 0.3 is 0 Å². The third-order valence-electron chi connectivity index (χ3n) is 2.91. The zero-order valence-electron chi connectivity index (χ0n) is 9.67. The van der Waals surface area contributed by atoms with Crippen LogP contribution in [0.2, 0.25) is 0 Å². The molecule has 0 saturated heterocycles. The molecule has 2 rings (SSSR count). The van der Waals surface area contributed by atoms with E-state index in [1.807, 2.05) is 0 Å². The molecule has 0 saturated carbocycles. The first-order valence-corrected chi connectivity index (χ1v) is 5.52. The van der Waals surface area contributed by atoms with Crippen LogP contribution in [-0.4, -0.2) is 20.4 Å². The fraction of sp³-hybridized carbons (Fsp3) is 0.143. The van der Waals surface area contributed by atoms with E-state index < -0.39 is 0 Å². The summed E-state index contributed by atoms with van der Waals surface area (Å²) in [5, 5.41) is 37.9. The number of aliphatic hydroxyl groups excluding tert-OH is 2. The number of phenolic OH excluding ortho intramolecular Hbond substituents is 2. The van der Waals surface area contributed by atoms with Gasteiger partial charge in [-0.3, -0.25) is 0 Å². The minimum Gasteiger partial charge on any atom is -0.504 e. The first-order valence-electron chi connectivity index (χ1n) is 5.52. The van der Waals surface area contributed by atoms with Crippen molar-refractivity contribution >= 4 is 0 Å². The van der Waals surface area contributed by atoms with Crippen molar-refractivity contribution in [1.29, 1.82) is 0 Å². The molecule has 0 aliphatic rings. The van der Waals surface area contributed by atoms with Crippen LogP contribution >= 0.6 is 0 Å². The molecule has 0 unspecified atom stereocenters. The Morgan fingerprint density at radius 3 is 2.11 bits per heavy atom. The standard InChI is InChI=1S/C14H14O4/c15-7-9-3-1-4-10(12(9)8-16)11-5-2-6-13(17)14(11)18/h1-6,15-18H,7-8H2. The van der Waals surface area contributed by atoms with Crippen molar-refractivity contribution in [2.75, 3.05) is 0 Å². The Balaban J connectivity index is 2.67. The second-order valence-electron chi connectivity index (χ2n) is 3.93. The fourth-order valence-electron chi connectivity index (χ4n) is 1.97. The van der Waals surface area contributed by atoms with Gasteiger partial charge in [-0.15, -0.1) is 0 Å². The van der Waals surface area contributed by atoms with Crippen LogP contribution in [0.3, 0.4) is 0 Å². The average molecular weight is 246 g/mol. The van der Waals surface area contributed by atoms with Crippen LogP contribution in [0.4, 0.5) is 0 Å². The number of benzene rings is 2. The van der Waals surface area contributed by atoms with Crippen LogP contribution in [0.25, 0.3) is 11.1 Å². The summed E-state index contributed by atoms with van der Waals surface area (Å²) in [5.74, 6) is -0.451. The van der Waals surface area contributed by atoms with Crippen molar-refractivity contribution < 1.29 is 20.4 Å². The van der Waals surface area contributed by atoms with Gasteiger partial charge in [0.25, 0.3) is 0 Å². The number of rotatable bonds is 3. The van der Waals surface area contributed by atoms with Gasteiger partial charge in [-0.2, -0.15) is 0 Å². The third-order valence-corrected chi connectivity index (χ3v) is 2.91. The molecule has 4 N–H and O–H groups in total. The van der Waals surface area contributed by atoms with Crippen molar-refractivity contribution in [3.05, 3.63) is 47.5 Å². The second-order valence-corrected chi connectivity index (χ2v) is 3.93. The summed E-state index contributed by atoms with van der Waals surface area (Å²) in [7, 11) is 0. The van der Waals surface area contributed by atoms with Crippen molar-refractivity contribution in [2.24, 2.45) is 0 Å². The molecule has 2 aromatic carbocycles. The smallest absolute Gasteiger partial charge is 0.165 e. The largest absolute Gasteiger partial charge is 0.504 e. The molecule has 94 valence electrons. The maximum Gasteiger partial charge on any atom is 0.165 e. The van der Waals surface area contributed by atoms with E-state index in [4.69, 9.17) is 0 Å². The first-order chi connectivity index (χ1) is 8.69. The normalized spacial score (nSPS) is 10.6. The molecule has 4 nitrogen and oxygen atoms in total. The zero-order chi connectivity index (χ0) is 13.1. The van der Waals surface area contributed by atoms with Gasteiger partial charge in [0, 0.05) is 5.56 Å². The molecule has 0 aromatic heterocycles. The number of aromatic hydroxyl groups is 2. The van der Waals surface area contributed by atoms with Crippen LogP contribution in [-0.2, 0) is 13.2 Å². The van der Waals surface area contributed by atoms with E-state index in [0.717, 1.165) is 0 Å². The van der Waals surface area contributed by atoms with Gasteiger partial charge in [0.15, 0.2) is 11.5 Å². The lowest BCUT2D eigenvalue weighted by molar-refractivity contribution is 0.260. The van der Waals surface area contributed by atoms with Gasteiger partial charge in [-0.25, -0.2) is 0 Å². The van der Waals surface area contributed by atoms with Gasteiger partial charge in [0.1, 0.15) is 0 Å². The molecule has 0 radical (unpaired) electrons. The van der Waals surface area contributed by atoms with Crippen LogP contribution in [0, 0.1) is 0 Å².